The van der Waals surface area contributed by atoms with Gasteiger partial charge >= 0.3 is 0 Å². The molecule has 0 saturated heterocycles. The van der Waals surface area contributed by atoms with E-state index in [1.165, 1.54) is 0 Å². The summed E-state index contributed by atoms with van der Waals surface area (Å²) in [6.45, 7) is 1.75. The van der Waals surface area contributed by atoms with Gasteiger partial charge in [-0.3, -0.25) is 4.79 Å². The van der Waals surface area contributed by atoms with E-state index in [1.807, 2.05) is 19.1 Å². The van der Waals surface area contributed by atoms with Gasteiger partial charge in [0.15, 0.2) is 5.54 Å². The summed E-state index contributed by atoms with van der Waals surface area (Å²) in [4.78, 5) is 12.4. The van der Waals surface area contributed by atoms with Crippen molar-refractivity contribution in [3.8, 4) is 0 Å². The van der Waals surface area contributed by atoms with E-state index in [4.69, 9.17) is 0 Å². The second kappa shape index (κ2) is 6.44. The van der Waals surface area contributed by atoms with Gasteiger partial charge in [-0.15, -0.1) is 4.72 Å². The van der Waals surface area contributed by atoms with Crippen molar-refractivity contribution in [2.24, 2.45) is 0 Å². The number of hydrogen-bond acceptors (Lipinski definition) is 4. The van der Waals surface area contributed by atoms with Gasteiger partial charge in [-0.2, -0.15) is 0 Å². The van der Waals surface area contributed by atoms with Crippen LogP contribution in [0.3, 0.4) is 0 Å². The molecule has 0 unspecified atom stereocenters. The smallest absolute Gasteiger partial charge is 0.253 e. The van der Waals surface area contributed by atoms with Gasteiger partial charge in [-0.05, 0) is 18.6 Å². The van der Waals surface area contributed by atoms with E-state index >= 15 is 0 Å². The molecule has 0 aromatic heterocycles. The molecule has 1 aliphatic heterocycles. The zero-order valence-corrected chi connectivity index (χ0v) is 13.5. The minimum atomic E-state index is -1.33. The Bertz CT molecular complexity index is 514. The lowest BCUT2D eigenvalue weighted by atomic mass is 9.89. The van der Waals surface area contributed by atoms with Crippen molar-refractivity contribution < 1.29 is 14.5 Å². The molecule has 7 heteroatoms. The van der Waals surface area contributed by atoms with E-state index in [0.717, 1.165) is 10.9 Å². The zero-order chi connectivity index (χ0) is 14.8. The summed E-state index contributed by atoms with van der Waals surface area (Å²) in [5.74, 6) is 0.179. The van der Waals surface area contributed by atoms with Crippen molar-refractivity contribution in [3.05, 3.63) is 28.2 Å². The Morgan fingerprint density at radius 3 is 2.95 bits per heavy atom. The third-order valence-corrected chi connectivity index (χ3v) is 5.26. The molecule has 2 atom stereocenters. The fourth-order valence-corrected chi connectivity index (χ4v) is 4.25. The van der Waals surface area contributed by atoms with E-state index in [9.17, 15) is 14.5 Å². The van der Waals surface area contributed by atoms with Crippen LogP contribution in [0.4, 0.5) is 5.69 Å². The van der Waals surface area contributed by atoms with Crippen LogP contribution in [0.15, 0.2) is 22.7 Å². The van der Waals surface area contributed by atoms with Crippen molar-refractivity contribution in [3.63, 3.8) is 0 Å². The standard InChI is InChI=1S/C13H17BrN2O3S/c1-2-8-20(19)16-13(6-7-17)11-9(14)4-3-5-10(11)15-12(13)18/h3-5,16-17H,2,6-8H2,1H3,(H,15,18)/t13-,20-/m0/s1. The quantitative estimate of drug-likeness (QED) is 0.673. The summed E-state index contributed by atoms with van der Waals surface area (Å²) in [5.41, 5.74) is 0.242. The highest BCUT2D eigenvalue weighted by Crippen LogP contribution is 2.43. The number of amides is 1. The predicted molar refractivity (Wildman–Crippen MR) is 82.6 cm³/mol. The van der Waals surface area contributed by atoms with Crippen LogP contribution in [0.5, 0.6) is 0 Å². The Morgan fingerprint density at radius 1 is 1.55 bits per heavy atom. The highest BCUT2D eigenvalue weighted by Gasteiger charge is 2.50. The van der Waals surface area contributed by atoms with Crippen LogP contribution in [0.1, 0.15) is 25.3 Å². The number of benzene rings is 1. The highest BCUT2D eigenvalue weighted by molar-refractivity contribution is 9.10. The van der Waals surface area contributed by atoms with Gasteiger partial charge in [-0.25, -0.2) is 0 Å². The molecule has 5 nitrogen and oxygen atoms in total. The average Bonchev–Trinajstić information content (AvgIpc) is 2.64. The number of aliphatic hydroxyl groups is 1. The molecule has 0 radical (unpaired) electrons. The molecule has 1 aromatic rings. The van der Waals surface area contributed by atoms with Crippen molar-refractivity contribution in [1.29, 1.82) is 0 Å². The summed E-state index contributed by atoms with van der Waals surface area (Å²) in [5, 5.41) is 12.1. The molecule has 0 fully saturated rings. The Morgan fingerprint density at radius 2 is 2.30 bits per heavy atom. The lowest BCUT2D eigenvalue weighted by molar-refractivity contribution is -0.121. The van der Waals surface area contributed by atoms with Crippen molar-refractivity contribution >= 4 is 38.9 Å². The second-order valence-corrected chi connectivity index (χ2v) is 6.80. The summed E-state index contributed by atoms with van der Waals surface area (Å²) in [6, 6.07) is 5.44. The fraction of sp³-hybridized carbons (Fsp3) is 0.462. The van der Waals surface area contributed by atoms with E-state index in [-0.39, 0.29) is 18.9 Å². The summed E-state index contributed by atoms with van der Waals surface area (Å²) < 4.78 is 15.7. The number of carbonyl (C=O) groups is 1. The van der Waals surface area contributed by atoms with E-state index in [1.54, 1.807) is 6.07 Å². The lowest BCUT2D eigenvalue weighted by Crippen LogP contribution is -2.52. The molecule has 1 aromatic carbocycles. The number of hydrogen-bond donors (Lipinski definition) is 3. The minimum absolute atomic E-state index is 0.171. The first kappa shape index (κ1) is 15.8. The monoisotopic (exact) mass is 360 g/mol. The third-order valence-electron chi connectivity index (χ3n) is 3.24. The van der Waals surface area contributed by atoms with Crippen LogP contribution in [0.2, 0.25) is 0 Å². The minimum Gasteiger partial charge on any atom is -0.598 e. The van der Waals surface area contributed by atoms with Crippen LogP contribution < -0.4 is 10.0 Å². The van der Waals surface area contributed by atoms with Crippen LogP contribution in [-0.4, -0.2) is 27.9 Å². The van der Waals surface area contributed by atoms with Crippen molar-refractivity contribution in [2.45, 2.75) is 25.3 Å². The maximum absolute atomic E-state index is 12.4. The SMILES string of the molecule is CCC[S@+]([O-])N[C@]1(CCO)C(=O)Nc2cccc(Br)c21. The molecular weight excluding hydrogens is 344 g/mol. The highest BCUT2D eigenvalue weighted by atomic mass is 79.9. The number of anilines is 1. The molecule has 3 N–H and O–H groups in total. The maximum Gasteiger partial charge on any atom is 0.253 e. The third kappa shape index (κ3) is 2.73. The molecule has 0 spiro atoms. The number of nitrogens with one attached hydrogen (secondary N) is 2. The first-order valence-electron chi connectivity index (χ1n) is 6.42. The van der Waals surface area contributed by atoms with Gasteiger partial charge in [0.1, 0.15) is 5.75 Å². The first-order valence-corrected chi connectivity index (χ1v) is 8.54. The fourth-order valence-electron chi connectivity index (χ4n) is 2.39. The molecule has 110 valence electrons. The summed E-state index contributed by atoms with van der Waals surface area (Å²) in [6.07, 6.45) is 0.920. The Hall–Kier alpha value is -0.600. The molecule has 1 aliphatic rings. The van der Waals surface area contributed by atoms with Gasteiger partial charge in [0.2, 0.25) is 0 Å². The summed E-state index contributed by atoms with van der Waals surface area (Å²) >= 11 is 2.11. The molecule has 20 heavy (non-hydrogen) atoms. The van der Waals surface area contributed by atoms with Crippen molar-refractivity contribution in [2.75, 3.05) is 17.7 Å². The van der Waals surface area contributed by atoms with Gasteiger partial charge in [0.25, 0.3) is 5.91 Å². The Labute approximate surface area is 129 Å². The zero-order valence-electron chi connectivity index (χ0n) is 11.1. The van der Waals surface area contributed by atoms with Crippen LogP contribution in [-0.2, 0) is 21.7 Å². The first-order chi connectivity index (χ1) is 9.55. The topological polar surface area (TPSA) is 84.4 Å². The molecular formula is C13H17BrN2O3S. The molecule has 1 amide bonds. The van der Waals surface area contributed by atoms with E-state index < -0.39 is 16.9 Å². The van der Waals surface area contributed by atoms with Crippen LogP contribution in [0.25, 0.3) is 0 Å². The second-order valence-electron chi connectivity index (χ2n) is 4.65. The van der Waals surface area contributed by atoms with Gasteiger partial charge < -0.3 is 15.0 Å². The molecule has 2 rings (SSSR count). The molecule has 0 aliphatic carbocycles. The molecule has 0 bridgehead atoms. The largest absolute Gasteiger partial charge is 0.598 e. The average molecular weight is 361 g/mol. The number of aliphatic hydroxyl groups excluding tert-OH is 1. The normalized spacial score (nSPS) is 22.5. The van der Waals surface area contributed by atoms with Gasteiger partial charge in [0.05, 0.1) is 0 Å². The lowest BCUT2D eigenvalue weighted by Gasteiger charge is -2.28. The van der Waals surface area contributed by atoms with Gasteiger partial charge in [-0.1, -0.05) is 28.9 Å². The summed E-state index contributed by atoms with van der Waals surface area (Å²) in [7, 11) is 0. The van der Waals surface area contributed by atoms with Crippen LogP contribution in [0, 0.1) is 0 Å². The van der Waals surface area contributed by atoms with Crippen molar-refractivity contribution in [1.82, 2.24) is 4.72 Å². The van der Waals surface area contributed by atoms with Crippen LogP contribution >= 0.6 is 15.9 Å². The number of rotatable bonds is 6. The molecule has 0 saturated carbocycles. The number of halogens is 1. The number of fused-ring (bicyclic) bond motifs is 1. The predicted octanol–water partition coefficient (Wildman–Crippen LogP) is 1.64. The Kier molecular flexibility index (Phi) is 5.09. The Balaban J connectivity index is 2.45. The molecule has 1 heterocycles. The van der Waals surface area contributed by atoms with E-state index in [2.05, 4.69) is 26.0 Å². The van der Waals surface area contributed by atoms with Gasteiger partial charge in [0, 0.05) is 40.1 Å². The maximum atomic E-state index is 12.4. The number of carbonyl (C=O) groups excluding carboxylic acids is 1. The van der Waals surface area contributed by atoms with E-state index in [0.29, 0.717) is 17.0 Å².